The second-order valence-electron chi connectivity index (χ2n) is 4.50. The van der Waals surface area contributed by atoms with E-state index in [1.165, 1.54) is 12.3 Å². The van der Waals surface area contributed by atoms with E-state index in [1.807, 2.05) is 43.3 Å². The number of para-hydroxylation sites is 2. The summed E-state index contributed by atoms with van der Waals surface area (Å²) in [4.78, 5) is 17.1. The number of hydrogen-bond acceptors (Lipinski definition) is 5. The van der Waals surface area contributed by atoms with Crippen LogP contribution >= 0.6 is 0 Å². The molecule has 0 saturated heterocycles. The van der Waals surface area contributed by atoms with Crippen molar-refractivity contribution in [2.45, 2.75) is 0 Å². The lowest BCUT2D eigenvalue weighted by Gasteiger charge is -2.18. The van der Waals surface area contributed by atoms with Crippen molar-refractivity contribution in [3.05, 3.63) is 42.1 Å². The average Bonchev–Trinajstić information content (AvgIpc) is 2.41. The molecule has 0 aliphatic rings. The number of nitrogen functional groups attached to an aromatic ring is 1. The molecule has 104 valence electrons. The summed E-state index contributed by atoms with van der Waals surface area (Å²) in [6, 6.07) is 9.10. The van der Waals surface area contributed by atoms with Crippen LogP contribution in [-0.4, -0.2) is 30.2 Å². The quantitative estimate of drug-likeness (QED) is 0.790. The highest BCUT2D eigenvalue weighted by Gasteiger charge is 2.11. The first-order chi connectivity index (χ1) is 9.49. The first kappa shape index (κ1) is 13.7. The van der Waals surface area contributed by atoms with Gasteiger partial charge in [0, 0.05) is 14.1 Å². The molecule has 0 unspecified atom stereocenters. The molecule has 1 aromatic heterocycles. The number of hydrogen-bond donors (Lipinski definition) is 3. The standard InChI is InChI=1S/C14H16N4O2/c1-18(2)12-6-4-3-5-11(12)17-13-7-9(14(19)20)10(15)8-16-13/h3-8H,15H2,1-2H3,(H,16,17)(H,19,20). The third-order valence-corrected chi connectivity index (χ3v) is 2.81. The number of pyridine rings is 1. The third kappa shape index (κ3) is 2.80. The van der Waals surface area contributed by atoms with Gasteiger partial charge in [-0.1, -0.05) is 12.1 Å². The van der Waals surface area contributed by atoms with E-state index in [0.29, 0.717) is 5.82 Å². The summed E-state index contributed by atoms with van der Waals surface area (Å²) in [5.74, 6) is -0.639. The molecule has 0 fully saturated rings. The molecular weight excluding hydrogens is 256 g/mol. The van der Waals surface area contributed by atoms with Gasteiger partial charge in [-0.15, -0.1) is 0 Å². The third-order valence-electron chi connectivity index (χ3n) is 2.81. The van der Waals surface area contributed by atoms with Crippen molar-refractivity contribution in [2.24, 2.45) is 0 Å². The maximum atomic E-state index is 11.1. The topological polar surface area (TPSA) is 91.5 Å². The number of carboxylic acid groups (broad SMARTS) is 1. The molecule has 0 atom stereocenters. The van der Waals surface area contributed by atoms with Crippen molar-refractivity contribution in [1.29, 1.82) is 0 Å². The minimum atomic E-state index is -1.08. The molecule has 0 saturated carbocycles. The van der Waals surface area contributed by atoms with E-state index in [-0.39, 0.29) is 11.3 Å². The van der Waals surface area contributed by atoms with Crippen LogP contribution in [0.15, 0.2) is 36.5 Å². The Bertz CT molecular complexity index is 641. The van der Waals surface area contributed by atoms with Crippen LogP contribution in [0.2, 0.25) is 0 Å². The lowest BCUT2D eigenvalue weighted by atomic mass is 10.2. The smallest absolute Gasteiger partial charge is 0.337 e. The van der Waals surface area contributed by atoms with Crippen molar-refractivity contribution < 1.29 is 9.90 Å². The highest BCUT2D eigenvalue weighted by molar-refractivity contribution is 5.94. The van der Waals surface area contributed by atoms with E-state index < -0.39 is 5.97 Å². The van der Waals surface area contributed by atoms with Gasteiger partial charge in [-0.05, 0) is 18.2 Å². The molecule has 2 rings (SSSR count). The molecule has 4 N–H and O–H groups in total. The second-order valence-corrected chi connectivity index (χ2v) is 4.50. The largest absolute Gasteiger partial charge is 0.478 e. The van der Waals surface area contributed by atoms with Crippen molar-refractivity contribution >= 4 is 28.8 Å². The van der Waals surface area contributed by atoms with Crippen LogP contribution in [0.1, 0.15) is 10.4 Å². The molecule has 1 heterocycles. The Labute approximate surface area is 116 Å². The SMILES string of the molecule is CN(C)c1ccccc1Nc1cc(C(=O)O)c(N)cn1. The summed E-state index contributed by atoms with van der Waals surface area (Å²) >= 11 is 0. The molecule has 0 bridgehead atoms. The van der Waals surface area contributed by atoms with E-state index >= 15 is 0 Å². The lowest BCUT2D eigenvalue weighted by molar-refractivity contribution is 0.0698. The van der Waals surface area contributed by atoms with Crippen LogP contribution in [0.25, 0.3) is 0 Å². The summed E-state index contributed by atoms with van der Waals surface area (Å²) < 4.78 is 0. The van der Waals surface area contributed by atoms with E-state index in [1.54, 1.807) is 0 Å². The fraction of sp³-hybridized carbons (Fsp3) is 0.143. The van der Waals surface area contributed by atoms with Crippen LogP contribution in [-0.2, 0) is 0 Å². The fourth-order valence-electron chi connectivity index (χ4n) is 1.83. The summed E-state index contributed by atoms with van der Waals surface area (Å²) in [7, 11) is 3.86. The summed E-state index contributed by atoms with van der Waals surface area (Å²) in [6.07, 6.45) is 1.34. The van der Waals surface area contributed by atoms with E-state index in [4.69, 9.17) is 10.8 Å². The van der Waals surface area contributed by atoms with Crippen LogP contribution < -0.4 is 16.0 Å². The van der Waals surface area contributed by atoms with Gasteiger partial charge in [-0.2, -0.15) is 0 Å². The molecule has 6 heteroatoms. The predicted molar refractivity (Wildman–Crippen MR) is 79.7 cm³/mol. The molecule has 20 heavy (non-hydrogen) atoms. The van der Waals surface area contributed by atoms with E-state index in [0.717, 1.165) is 11.4 Å². The second kappa shape index (κ2) is 5.48. The molecule has 0 amide bonds. The highest BCUT2D eigenvalue weighted by atomic mass is 16.4. The molecule has 0 spiro atoms. The zero-order valence-electron chi connectivity index (χ0n) is 11.3. The van der Waals surface area contributed by atoms with Crippen molar-refractivity contribution in [1.82, 2.24) is 4.98 Å². The number of aromatic carboxylic acids is 1. The zero-order valence-corrected chi connectivity index (χ0v) is 11.3. The van der Waals surface area contributed by atoms with Crippen LogP contribution in [0.4, 0.5) is 22.9 Å². The first-order valence-corrected chi connectivity index (χ1v) is 6.01. The predicted octanol–water partition coefficient (Wildman–Crippen LogP) is 2.17. The average molecular weight is 272 g/mol. The fourth-order valence-corrected chi connectivity index (χ4v) is 1.83. The van der Waals surface area contributed by atoms with Crippen molar-refractivity contribution in [3.8, 4) is 0 Å². The monoisotopic (exact) mass is 272 g/mol. The lowest BCUT2D eigenvalue weighted by Crippen LogP contribution is -2.11. The van der Waals surface area contributed by atoms with Gasteiger partial charge in [0.15, 0.2) is 0 Å². The van der Waals surface area contributed by atoms with E-state index in [9.17, 15) is 4.79 Å². The number of nitrogens with one attached hydrogen (secondary N) is 1. The number of anilines is 4. The van der Waals surface area contributed by atoms with Gasteiger partial charge >= 0.3 is 5.97 Å². The number of nitrogens with two attached hydrogens (primary N) is 1. The van der Waals surface area contributed by atoms with Gasteiger partial charge in [0.25, 0.3) is 0 Å². The highest BCUT2D eigenvalue weighted by Crippen LogP contribution is 2.27. The van der Waals surface area contributed by atoms with Gasteiger partial charge in [0.05, 0.1) is 28.8 Å². The Morgan fingerprint density at radius 3 is 2.70 bits per heavy atom. The maximum Gasteiger partial charge on any atom is 0.337 e. The minimum absolute atomic E-state index is 0.0323. The van der Waals surface area contributed by atoms with Gasteiger partial charge in [-0.25, -0.2) is 9.78 Å². The number of carbonyl (C=O) groups is 1. The van der Waals surface area contributed by atoms with Crippen molar-refractivity contribution in [3.63, 3.8) is 0 Å². The number of nitrogens with zero attached hydrogens (tertiary/aromatic N) is 2. The van der Waals surface area contributed by atoms with Crippen LogP contribution in [0, 0.1) is 0 Å². The number of rotatable bonds is 4. The van der Waals surface area contributed by atoms with Crippen molar-refractivity contribution in [2.75, 3.05) is 30.0 Å². The van der Waals surface area contributed by atoms with Gasteiger partial charge in [0.2, 0.25) is 0 Å². The Hall–Kier alpha value is -2.76. The van der Waals surface area contributed by atoms with Crippen LogP contribution in [0.5, 0.6) is 0 Å². The number of benzene rings is 1. The molecule has 0 radical (unpaired) electrons. The Balaban J connectivity index is 2.36. The molecule has 1 aromatic carbocycles. The zero-order chi connectivity index (χ0) is 14.7. The van der Waals surface area contributed by atoms with Crippen LogP contribution in [0.3, 0.4) is 0 Å². The molecular formula is C14H16N4O2. The maximum absolute atomic E-state index is 11.1. The number of carboxylic acids is 1. The Morgan fingerprint density at radius 1 is 1.35 bits per heavy atom. The summed E-state index contributed by atoms with van der Waals surface area (Å²) in [5, 5.41) is 12.2. The van der Waals surface area contributed by atoms with Gasteiger partial charge < -0.3 is 21.1 Å². The normalized spacial score (nSPS) is 10.1. The van der Waals surface area contributed by atoms with Gasteiger partial charge in [0.1, 0.15) is 5.82 Å². The molecule has 2 aromatic rings. The summed E-state index contributed by atoms with van der Waals surface area (Å²) in [6.45, 7) is 0. The Kier molecular flexibility index (Phi) is 3.74. The minimum Gasteiger partial charge on any atom is -0.478 e. The first-order valence-electron chi connectivity index (χ1n) is 6.01. The summed E-state index contributed by atoms with van der Waals surface area (Å²) in [5.41, 5.74) is 7.57. The number of aromatic nitrogens is 1. The molecule has 6 nitrogen and oxygen atoms in total. The van der Waals surface area contributed by atoms with E-state index in [2.05, 4.69) is 10.3 Å². The van der Waals surface area contributed by atoms with Gasteiger partial charge in [-0.3, -0.25) is 0 Å². The molecule has 0 aliphatic heterocycles. The molecule has 0 aliphatic carbocycles. The Morgan fingerprint density at radius 2 is 2.05 bits per heavy atom.